The van der Waals surface area contributed by atoms with Crippen LogP contribution in [-0.2, 0) is 0 Å². The molecule has 0 spiro atoms. The van der Waals surface area contributed by atoms with Crippen LogP contribution in [0.5, 0.6) is 0 Å². The highest BCUT2D eigenvalue weighted by Crippen LogP contribution is 2.27. The van der Waals surface area contributed by atoms with Crippen LogP contribution in [0.25, 0.3) is 11.4 Å². The fourth-order valence-electron chi connectivity index (χ4n) is 4.06. The summed E-state index contributed by atoms with van der Waals surface area (Å²) in [5, 5.41) is 0. The number of likely N-dealkylation sites (N-methyl/N-ethyl adjacent to an activating group) is 1. The van der Waals surface area contributed by atoms with Gasteiger partial charge in [-0.3, -0.25) is 0 Å². The van der Waals surface area contributed by atoms with Crippen molar-refractivity contribution in [3.63, 3.8) is 0 Å². The van der Waals surface area contributed by atoms with Gasteiger partial charge in [0.1, 0.15) is 11.6 Å². The largest absolute Gasteiger partial charge is 0.356 e. The van der Waals surface area contributed by atoms with Crippen LogP contribution >= 0.6 is 0 Å². The van der Waals surface area contributed by atoms with E-state index in [4.69, 9.17) is 9.97 Å². The molecule has 2 aromatic rings. The molecule has 1 aromatic heterocycles. The van der Waals surface area contributed by atoms with Crippen molar-refractivity contribution in [1.82, 2.24) is 14.9 Å². The van der Waals surface area contributed by atoms with Crippen LogP contribution in [-0.4, -0.2) is 60.7 Å². The van der Waals surface area contributed by atoms with E-state index in [1.54, 1.807) is 0 Å². The highest BCUT2D eigenvalue weighted by molar-refractivity contribution is 5.62. The van der Waals surface area contributed by atoms with Crippen LogP contribution in [0.2, 0.25) is 0 Å². The highest BCUT2D eigenvalue weighted by Gasteiger charge is 2.20. The number of hydrogen-bond acceptors (Lipinski definition) is 5. The molecule has 27 heavy (non-hydrogen) atoms. The van der Waals surface area contributed by atoms with E-state index in [1.807, 2.05) is 6.07 Å². The number of aromatic nitrogens is 2. The molecule has 3 heterocycles. The van der Waals surface area contributed by atoms with Crippen molar-refractivity contribution in [2.75, 3.05) is 55.6 Å². The van der Waals surface area contributed by atoms with Crippen molar-refractivity contribution in [3.05, 3.63) is 36.4 Å². The first-order chi connectivity index (χ1) is 13.3. The molecule has 0 N–H and O–H groups in total. The Balaban J connectivity index is 1.66. The summed E-state index contributed by atoms with van der Waals surface area (Å²) in [6.07, 6.45) is 5.18. The minimum atomic E-state index is 0.852. The molecule has 0 aliphatic carbocycles. The summed E-state index contributed by atoms with van der Waals surface area (Å²) in [4.78, 5) is 17.3. The standard InChI is InChI=1S/C22H31N5/c1-2-25-14-16-27(17-15-25)21-18-20(26-12-8-3-4-9-13-26)23-22(24-21)19-10-6-5-7-11-19/h5-7,10-11,18H,2-4,8-9,12-17H2,1H3. The molecular weight excluding hydrogens is 334 g/mol. The van der Waals surface area contributed by atoms with Crippen LogP contribution < -0.4 is 9.80 Å². The normalized spacial score (nSPS) is 19.1. The maximum Gasteiger partial charge on any atom is 0.163 e. The zero-order valence-corrected chi connectivity index (χ0v) is 16.5. The minimum Gasteiger partial charge on any atom is -0.356 e. The molecule has 2 fully saturated rings. The number of anilines is 2. The maximum absolute atomic E-state index is 4.97. The van der Waals surface area contributed by atoms with E-state index in [0.29, 0.717) is 0 Å². The van der Waals surface area contributed by atoms with Gasteiger partial charge in [-0.05, 0) is 19.4 Å². The van der Waals surface area contributed by atoms with Gasteiger partial charge in [0.25, 0.3) is 0 Å². The van der Waals surface area contributed by atoms with E-state index in [2.05, 4.69) is 52.0 Å². The minimum absolute atomic E-state index is 0.852. The van der Waals surface area contributed by atoms with Gasteiger partial charge in [0.15, 0.2) is 5.82 Å². The van der Waals surface area contributed by atoms with E-state index >= 15 is 0 Å². The van der Waals surface area contributed by atoms with E-state index < -0.39 is 0 Å². The molecule has 0 amide bonds. The van der Waals surface area contributed by atoms with Crippen LogP contribution in [0.4, 0.5) is 11.6 Å². The number of benzene rings is 1. The van der Waals surface area contributed by atoms with Gasteiger partial charge in [-0.1, -0.05) is 50.1 Å². The molecule has 0 unspecified atom stereocenters. The van der Waals surface area contributed by atoms with E-state index in [9.17, 15) is 0 Å². The third-order valence-electron chi connectivity index (χ3n) is 5.80. The van der Waals surface area contributed by atoms with Crippen LogP contribution in [0.3, 0.4) is 0 Å². The quantitative estimate of drug-likeness (QED) is 0.826. The molecule has 0 radical (unpaired) electrons. The topological polar surface area (TPSA) is 35.5 Å². The lowest BCUT2D eigenvalue weighted by molar-refractivity contribution is 0.270. The van der Waals surface area contributed by atoms with Gasteiger partial charge in [-0.25, -0.2) is 9.97 Å². The van der Waals surface area contributed by atoms with E-state index in [0.717, 1.165) is 68.8 Å². The Labute approximate surface area is 163 Å². The van der Waals surface area contributed by atoms with Gasteiger partial charge in [0.05, 0.1) is 0 Å². The molecular formula is C22H31N5. The van der Waals surface area contributed by atoms with Gasteiger partial charge in [-0.15, -0.1) is 0 Å². The highest BCUT2D eigenvalue weighted by atomic mass is 15.3. The zero-order chi connectivity index (χ0) is 18.5. The Morgan fingerprint density at radius 3 is 1.93 bits per heavy atom. The Bertz CT molecular complexity index is 717. The predicted molar refractivity (Wildman–Crippen MR) is 112 cm³/mol. The molecule has 2 aliphatic rings. The summed E-state index contributed by atoms with van der Waals surface area (Å²) < 4.78 is 0. The third kappa shape index (κ3) is 4.41. The smallest absolute Gasteiger partial charge is 0.163 e. The molecule has 2 saturated heterocycles. The lowest BCUT2D eigenvalue weighted by atomic mass is 10.2. The second kappa shape index (κ2) is 8.70. The lowest BCUT2D eigenvalue weighted by Crippen LogP contribution is -2.46. The number of hydrogen-bond donors (Lipinski definition) is 0. The van der Waals surface area contributed by atoms with E-state index in [-0.39, 0.29) is 0 Å². The Morgan fingerprint density at radius 2 is 1.33 bits per heavy atom. The Kier molecular flexibility index (Phi) is 5.87. The van der Waals surface area contributed by atoms with Gasteiger partial charge in [-0.2, -0.15) is 0 Å². The first-order valence-electron chi connectivity index (χ1n) is 10.5. The van der Waals surface area contributed by atoms with Gasteiger partial charge >= 0.3 is 0 Å². The molecule has 5 nitrogen and oxygen atoms in total. The number of piperazine rings is 1. The summed E-state index contributed by atoms with van der Waals surface area (Å²) in [6, 6.07) is 12.6. The molecule has 2 aliphatic heterocycles. The van der Waals surface area contributed by atoms with E-state index in [1.165, 1.54) is 25.7 Å². The molecule has 4 rings (SSSR count). The summed E-state index contributed by atoms with van der Waals surface area (Å²) in [5.41, 5.74) is 1.10. The first kappa shape index (κ1) is 18.2. The monoisotopic (exact) mass is 365 g/mol. The average molecular weight is 366 g/mol. The maximum atomic E-state index is 4.97. The number of nitrogens with zero attached hydrogens (tertiary/aromatic N) is 5. The predicted octanol–water partition coefficient (Wildman–Crippen LogP) is 3.67. The summed E-state index contributed by atoms with van der Waals surface area (Å²) in [6.45, 7) is 9.89. The lowest BCUT2D eigenvalue weighted by Gasteiger charge is -2.35. The summed E-state index contributed by atoms with van der Waals surface area (Å²) >= 11 is 0. The fraction of sp³-hybridized carbons (Fsp3) is 0.545. The molecule has 0 atom stereocenters. The van der Waals surface area contributed by atoms with Crippen molar-refractivity contribution in [2.45, 2.75) is 32.6 Å². The van der Waals surface area contributed by atoms with Gasteiger partial charge in [0, 0.05) is 50.9 Å². The SMILES string of the molecule is CCN1CCN(c2cc(N3CCCCCC3)nc(-c3ccccc3)n2)CC1. The van der Waals surface area contributed by atoms with Crippen LogP contribution in [0.15, 0.2) is 36.4 Å². The summed E-state index contributed by atoms with van der Waals surface area (Å²) in [7, 11) is 0. The van der Waals surface area contributed by atoms with Crippen molar-refractivity contribution < 1.29 is 0 Å². The van der Waals surface area contributed by atoms with Crippen molar-refractivity contribution in [2.24, 2.45) is 0 Å². The molecule has 5 heteroatoms. The summed E-state index contributed by atoms with van der Waals surface area (Å²) in [5.74, 6) is 3.03. The Morgan fingerprint density at radius 1 is 0.741 bits per heavy atom. The first-order valence-corrected chi connectivity index (χ1v) is 10.5. The molecule has 144 valence electrons. The van der Waals surface area contributed by atoms with Crippen molar-refractivity contribution in [1.29, 1.82) is 0 Å². The van der Waals surface area contributed by atoms with Crippen LogP contribution in [0.1, 0.15) is 32.6 Å². The molecule has 0 saturated carbocycles. The van der Waals surface area contributed by atoms with Gasteiger partial charge < -0.3 is 14.7 Å². The van der Waals surface area contributed by atoms with Gasteiger partial charge in [0.2, 0.25) is 0 Å². The molecule has 0 bridgehead atoms. The second-order valence-electron chi connectivity index (χ2n) is 7.60. The Hall–Kier alpha value is -2.14. The number of rotatable bonds is 4. The average Bonchev–Trinajstić information content (AvgIpc) is 3.04. The fourth-order valence-corrected chi connectivity index (χ4v) is 4.06. The van der Waals surface area contributed by atoms with Crippen molar-refractivity contribution in [3.8, 4) is 11.4 Å². The third-order valence-corrected chi connectivity index (χ3v) is 5.80. The molecule has 1 aromatic carbocycles. The van der Waals surface area contributed by atoms with Crippen molar-refractivity contribution >= 4 is 11.6 Å². The van der Waals surface area contributed by atoms with Crippen LogP contribution in [0, 0.1) is 0 Å². The zero-order valence-electron chi connectivity index (χ0n) is 16.5. The second-order valence-corrected chi connectivity index (χ2v) is 7.60.